The summed E-state index contributed by atoms with van der Waals surface area (Å²) in [7, 11) is 0. The van der Waals surface area contributed by atoms with Crippen LogP contribution in [0.4, 0.5) is 15.8 Å². The van der Waals surface area contributed by atoms with Crippen molar-refractivity contribution >= 4 is 22.4 Å². The zero-order valence-electron chi connectivity index (χ0n) is 20.8. The molecule has 0 spiro atoms. The van der Waals surface area contributed by atoms with Crippen molar-refractivity contribution in [2.24, 2.45) is 4.99 Å². The van der Waals surface area contributed by atoms with E-state index in [0.717, 1.165) is 77.3 Å². The van der Waals surface area contributed by atoms with Gasteiger partial charge in [-0.25, -0.2) is 9.37 Å². The lowest BCUT2D eigenvalue weighted by molar-refractivity contribution is 0.223. The number of benzene rings is 3. The maximum Gasteiger partial charge on any atom is 0.123 e. The van der Waals surface area contributed by atoms with Gasteiger partial charge in [0.25, 0.3) is 0 Å². The first-order valence-corrected chi connectivity index (χ1v) is 12.8. The van der Waals surface area contributed by atoms with Crippen molar-refractivity contribution in [1.82, 2.24) is 19.4 Å². The molecule has 3 heterocycles. The molecule has 186 valence electrons. The Labute approximate surface area is 215 Å². The summed E-state index contributed by atoms with van der Waals surface area (Å²) in [5, 5.41) is 4.41. The van der Waals surface area contributed by atoms with Gasteiger partial charge in [0, 0.05) is 25.0 Å². The molecule has 7 heteroatoms. The van der Waals surface area contributed by atoms with Crippen molar-refractivity contribution < 1.29 is 4.39 Å². The van der Waals surface area contributed by atoms with E-state index in [-0.39, 0.29) is 11.9 Å². The summed E-state index contributed by atoms with van der Waals surface area (Å²) in [5.41, 5.74) is 6.24. The largest absolute Gasteiger partial charge is 0.352 e. The number of rotatable bonds is 5. The second-order valence-electron chi connectivity index (χ2n) is 9.43. The van der Waals surface area contributed by atoms with Crippen molar-refractivity contribution in [3.8, 4) is 17.1 Å². The first-order valence-electron chi connectivity index (χ1n) is 12.8. The summed E-state index contributed by atoms with van der Waals surface area (Å²) >= 11 is 0. The van der Waals surface area contributed by atoms with E-state index < -0.39 is 0 Å². The Morgan fingerprint density at radius 1 is 1.00 bits per heavy atom. The van der Waals surface area contributed by atoms with Crippen molar-refractivity contribution in [2.75, 3.05) is 25.0 Å². The Kier molecular flexibility index (Phi) is 6.37. The summed E-state index contributed by atoms with van der Waals surface area (Å²) in [4.78, 5) is 17.0. The van der Waals surface area contributed by atoms with Gasteiger partial charge in [-0.15, -0.1) is 0 Å². The average Bonchev–Trinajstić information content (AvgIpc) is 2.94. The van der Waals surface area contributed by atoms with Gasteiger partial charge in [-0.05, 0) is 80.1 Å². The number of fused-ring (bicyclic) bond motifs is 2. The first-order chi connectivity index (χ1) is 18.2. The number of anilines is 2. The summed E-state index contributed by atoms with van der Waals surface area (Å²) < 4.78 is 16.0. The molecule has 0 unspecified atom stereocenters. The average molecular weight is 493 g/mol. The van der Waals surface area contributed by atoms with Gasteiger partial charge in [-0.3, -0.25) is 9.98 Å². The third-order valence-electron chi connectivity index (χ3n) is 7.05. The van der Waals surface area contributed by atoms with Gasteiger partial charge in [0.15, 0.2) is 0 Å². The van der Waals surface area contributed by atoms with Crippen LogP contribution in [0.15, 0.2) is 90.2 Å². The Morgan fingerprint density at radius 2 is 1.81 bits per heavy atom. The van der Waals surface area contributed by atoms with Gasteiger partial charge in [-0.2, -0.15) is 0 Å². The van der Waals surface area contributed by atoms with E-state index in [1.165, 1.54) is 12.1 Å². The molecule has 0 saturated carbocycles. The minimum atomic E-state index is -0.260. The normalized spacial score (nSPS) is 15.5. The number of para-hydroxylation sites is 2. The highest BCUT2D eigenvalue weighted by Crippen LogP contribution is 2.30. The van der Waals surface area contributed by atoms with E-state index in [1.54, 1.807) is 24.5 Å². The molecule has 0 amide bonds. The summed E-state index contributed by atoms with van der Waals surface area (Å²) in [6.07, 6.45) is 5.64. The van der Waals surface area contributed by atoms with E-state index in [0.29, 0.717) is 0 Å². The molecule has 3 aliphatic rings. The molecule has 1 saturated heterocycles. The minimum Gasteiger partial charge on any atom is -0.352 e. The highest BCUT2D eigenvalue weighted by atomic mass is 19.1. The zero-order chi connectivity index (χ0) is 25.2. The fourth-order valence-electron chi connectivity index (χ4n) is 5.07. The fraction of sp³-hybridized carbons (Fsp3) is 0.233. The van der Waals surface area contributed by atoms with Crippen LogP contribution in [0.1, 0.15) is 19.8 Å². The number of hydrogen-bond donors (Lipinski definition) is 1. The number of nitrogens with one attached hydrogen (secondary N) is 1. The molecule has 2 aromatic carbocycles. The van der Waals surface area contributed by atoms with Crippen LogP contribution in [0.5, 0.6) is 0 Å². The first kappa shape index (κ1) is 23.3. The lowest BCUT2D eigenvalue weighted by Crippen LogP contribution is -2.35. The van der Waals surface area contributed by atoms with Crippen LogP contribution in [0.25, 0.3) is 28.1 Å². The summed E-state index contributed by atoms with van der Waals surface area (Å²) in [6.45, 7) is 5.41. The molecular weight excluding hydrogens is 463 g/mol. The van der Waals surface area contributed by atoms with Gasteiger partial charge in [-0.1, -0.05) is 19.1 Å². The topological polar surface area (TPSA) is 58.3 Å². The molecule has 3 aromatic rings. The second kappa shape index (κ2) is 10.1. The number of pyridine rings is 1. The van der Waals surface area contributed by atoms with E-state index in [2.05, 4.69) is 38.8 Å². The van der Waals surface area contributed by atoms with Gasteiger partial charge in [0.1, 0.15) is 5.82 Å². The molecule has 1 aliphatic carbocycles. The lowest BCUT2D eigenvalue weighted by Gasteiger charge is -2.29. The highest BCUT2D eigenvalue weighted by Gasteiger charge is 2.20. The molecule has 0 atom stereocenters. The zero-order valence-corrected chi connectivity index (χ0v) is 20.8. The van der Waals surface area contributed by atoms with Crippen molar-refractivity contribution in [3.05, 3.63) is 96.4 Å². The third-order valence-corrected chi connectivity index (χ3v) is 7.05. The Morgan fingerprint density at radius 3 is 2.57 bits per heavy atom. The molecule has 1 N–H and O–H groups in total. The van der Waals surface area contributed by atoms with Gasteiger partial charge < -0.3 is 14.8 Å². The van der Waals surface area contributed by atoms with Crippen LogP contribution in [0.3, 0.4) is 0 Å². The maximum atomic E-state index is 13.8. The van der Waals surface area contributed by atoms with Crippen molar-refractivity contribution in [3.63, 3.8) is 0 Å². The van der Waals surface area contributed by atoms with E-state index in [1.807, 2.05) is 36.4 Å². The molecule has 37 heavy (non-hydrogen) atoms. The summed E-state index contributed by atoms with van der Waals surface area (Å²) in [6, 6.07) is 23.0. The smallest absolute Gasteiger partial charge is 0.123 e. The predicted molar refractivity (Wildman–Crippen MR) is 146 cm³/mol. The van der Waals surface area contributed by atoms with Gasteiger partial charge >= 0.3 is 0 Å². The molecule has 0 bridgehead atoms. The van der Waals surface area contributed by atoms with Crippen LogP contribution < -0.4 is 10.7 Å². The Bertz CT molecular complexity index is 1550. The number of hydrogen-bond acceptors (Lipinski definition) is 5. The molecule has 1 aromatic heterocycles. The number of likely N-dealkylation sites (tertiary alicyclic amines) is 1. The van der Waals surface area contributed by atoms with Crippen LogP contribution in [-0.2, 0) is 0 Å². The monoisotopic (exact) mass is 492 g/mol. The lowest BCUT2D eigenvalue weighted by atomic mass is 10.1. The number of piperidine rings is 1. The quantitative estimate of drug-likeness (QED) is 0.316. The molecule has 6 nitrogen and oxygen atoms in total. The SMILES string of the molecule is CCN1CCC(N=c2cc3n(-c4ccc(F)cc4)c4ccccc4nc-3cc2Nc2cccnc2)CC1. The maximum absolute atomic E-state index is 13.8. The number of halogens is 1. The van der Waals surface area contributed by atoms with Crippen LogP contribution in [0.2, 0.25) is 0 Å². The van der Waals surface area contributed by atoms with Gasteiger partial charge in [0.2, 0.25) is 0 Å². The Balaban J connectivity index is 1.57. The summed E-state index contributed by atoms with van der Waals surface area (Å²) in [5.74, 6) is -0.260. The standard InChI is InChI=1S/C30H29FN6/c1-2-36-16-13-22(14-17-36)33-27-19-30-28(18-26(27)34-23-6-5-15-32-20-23)35-25-7-3-4-8-29(25)37(30)24-11-9-21(31)10-12-24/h3-12,15,18-20,22,34H,2,13-14,16-17H2,1H3. The van der Waals surface area contributed by atoms with Crippen LogP contribution in [0, 0.1) is 5.82 Å². The number of nitrogens with zero attached hydrogens (tertiary/aromatic N) is 5. The molecule has 1 fully saturated rings. The van der Waals surface area contributed by atoms with E-state index in [9.17, 15) is 4.39 Å². The molecule has 0 radical (unpaired) electrons. The third kappa shape index (κ3) is 4.82. The second-order valence-corrected chi connectivity index (χ2v) is 9.43. The highest BCUT2D eigenvalue weighted by molar-refractivity contribution is 5.84. The number of aromatic nitrogens is 3. The fourth-order valence-corrected chi connectivity index (χ4v) is 5.07. The van der Waals surface area contributed by atoms with Gasteiger partial charge in [0.05, 0.1) is 51.4 Å². The van der Waals surface area contributed by atoms with E-state index >= 15 is 0 Å². The molecule has 2 aliphatic heterocycles. The van der Waals surface area contributed by atoms with E-state index in [4.69, 9.17) is 9.98 Å². The van der Waals surface area contributed by atoms with Crippen molar-refractivity contribution in [2.45, 2.75) is 25.8 Å². The molecular formula is C30H29FN6. The Hall–Kier alpha value is -4.10. The van der Waals surface area contributed by atoms with Crippen LogP contribution in [-0.4, -0.2) is 45.1 Å². The predicted octanol–water partition coefficient (Wildman–Crippen LogP) is 5.79. The molecule has 6 rings (SSSR count). The minimum absolute atomic E-state index is 0.252. The van der Waals surface area contributed by atoms with Crippen LogP contribution >= 0.6 is 0 Å². The van der Waals surface area contributed by atoms with Crippen molar-refractivity contribution in [1.29, 1.82) is 0 Å².